The first-order chi connectivity index (χ1) is 29.9. The maximum Gasteiger partial charge on any atom is 0.303 e. The summed E-state index contributed by atoms with van der Waals surface area (Å²) in [5.74, 6) is -8.01. The topological polar surface area (TPSA) is 250 Å². The van der Waals surface area contributed by atoms with Crippen molar-refractivity contribution < 1.29 is 95.9 Å². The lowest BCUT2D eigenvalue weighted by Crippen LogP contribution is -2.67. The van der Waals surface area contributed by atoms with Gasteiger partial charge in [-0.25, -0.2) is 0 Å². The van der Waals surface area contributed by atoms with Crippen LogP contribution in [0.25, 0.3) is 0 Å². The fraction of sp³-hybridized carbons (Fsp3) is 0.579. The zero-order valence-corrected chi connectivity index (χ0v) is 33.0. The third-order valence-corrected chi connectivity index (χ3v) is 8.36. The molecule has 0 radical (unpaired) electrons. The Morgan fingerprint density at radius 2 is 1.20 bits per heavy atom. The van der Waals surface area contributed by atoms with Gasteiger partial charge in [-0.05, 0) is 24.1 Å². The van der Waals surface area contributed by atoms with Crippen LogP contribution < -0.4 is 5.32 Å². The second kappa shape index (κ2) is 22.9. The molecule has 326 valence electrons. The lowest BCUT2D eigenvalue weighted by molar-refractivity contribution is -0.362. The number of ether oxygens (including phenoxy) is 11. The highest BCUT2D eigenvalue weighted by Gasteiger charge is 2.57. The van der Waals surface area contributed by atoms with Crippen LogP contribution in [0.2, 0.25) is 5.02 Å². The average molecular weight is 862 g/mol. The van der Waals surface area contributed by atoms with Crippen LogP contribution in [0.3, 0.4) is 0 Å². The average Bonchev–Trinajstić information content (AvgIpc) is 3.24. The highest BCUT2D eigenvalue weighted by Crippen LogP contribution is 2.36. The number of hydrogen-bond acceptors (Lipinski definition) is 19. The Morgan fingerprint density at radius 1 is 0.695 bits per heavy atom. The lowest BCUT2D eigenvalue weighted by Gasteiger charge is -2.48. The monoisotopic (exact) mass is 861 g/mol. The Labute approximate surface area is 349 Å². The summed E-state index contributed by atoms with van der Waals surface area (Å²) in [6.45, 7) is 0.853. The summed E-state index contributed by atoms with van der Waals surface area (Å²) in [6, 6.07) is 4.52. The van der Waals surface area contributed by atoms with Crippen LogP contribution in [0.4, 0.5) is 5.69 Å². The van der Waals surface area contributed by atoms with Gasteiger partial charge in [0.2, 0.25) is 5.91 Å². The van der Waals surface area contributed by atoms with Crippen LogP contribution in [-0.2, 0) is 97.1 Å². The molecular weight excluding hydrogens is 810 g/mol. The van der Waals surface area contributed by atoms with Gasteiger partial charge in [-0.15, -0.1) is 6.58 Å². The first-order valence-electron chi connectivity index (χ1n) is 20.4. The molecular formula is C38H48ClNO19. The molecule has 2 fully saturated rings. The number of hydrogen-bond donors (Lipinski definition) is 1. The number of carbonyl (C=O) groups excluding carboxylic acids is 8. The van der Waals surface area contributed by atoms with Crippen LogP contribution in [0, 0.1) is 0 Å². The van der Waals surface area contributed by atoms with E-state index in [1.165, 1.54) is 12.1 Å². The minimum absolute atomic E-state index is 0.126. The molecule has 1 aromatic carbocycles. The van der Waals surface area contributed by atoms with Gasteiger partial charge < -0.3 is 57.4 Å². The molecule has 2 saturated heterocycles. The summed E-state index contributed by atoms with van der Waals surface area (Å²) < 4.78 is 92.2. The molecule has 2 aliphatic heterocycles. The number of nitrogens with one attached hydrogen (secondary N) is 1. The SMILES string of the molecule is [2H]CC(=O)OC[C@H]1OC(O[C@H]2[C@H](OC(C)=O)[C@@H](OC(C)=O)[C@H](OCc3ccc(Cl)c(NC(=O)CCC=C)c3)O[C@@H]2COC(C)=O)[C@H](OC(=O)C[2H])[C@@H](OC(=O)C[2H])[C@@H]1OC(=O)C[2H]. The van der Waals surface area contributed by atoms with Gasteiger partial charge in [-0.1, -0.05) is 23.7 Å². The van der Waals surface area contributed by atoms with Gasteiger partial charge in [0, 0.05) is 60.3 Å². The second-order valence-corrected chi connectivity index (χ2v) is 13.1. The highest BCUT2D eigenvalue weighted by atomic mass is 35.5. The number of benzene rings is 1. The molecule has 3 rings (SSSR count). The summed E-state index contributed by atoms with van der Waals surface area (Å²) in [7, 11) is 0. The normalized spacial score (nSPS) is 27.1. The molecule has 21 heteroatoms. The van der Waals surface area contributed by atoms with Gasteiger partial charge in [0.15, 0.2) is 43.1 Å². The molecule has 0 saturated carbocycles. The van der Waals surface area contributed by atoms with Crippen molar-refractivity contribution in [2.45, 2.75) is 129 Å². The summed E-state index contributed by atoms with van der Waals surface area (Å²) >= 11 is 6.32. The zero-order chi connectivity index (χ0) is 46.8. The van der Waals surface area contributed by atoms with E-state index >= 15 is 0 Å². The molecule has 2 aliphatic rings. The highest BCUT2D eigenvalue weighted by molar-refractivity contribution is 6.33. The Hall–Kier alpha value is -5.15. The van der Waals surface area contributed by atoms with E-state index in [1.807, 2.05) is 0 Å². The van der Waals surface area contributed by atoms with E-state index in [2.05, 4.69) is 11.9 Å². The molecule has 2 heterocycles. The number of anilines is 1. The van der Waals surface area contributed by atoms with Gasteiger partial charge >= 0.3 is 41.8 Å². The third kappa shape index (κ3) is 15.2. The van der Waals surface area contributed by atoms with E-state index in [9.17, 15) is 38.4 Å². The molecule has 1 amide bonds. The summed E-state index contributed by atoms with van der Waals surface area (Å²) in [6.07, 6.45) is -16.1. The van der Waals surface area contributed by atoms with Crippen molar-refractivity contribution in [3.05, 3.63) is 41.4 Å². The molecule has 59 heavy (non-hydrogen) atoms. The second-order valence-electron chi connectivity index (χ2n) is 12.7. The largest absolute Gasteiger partial charge is 0.463 e. The van der Waals surface area contributed by atoms with Gasteiger partial charge in [-0.3, -0.25) is 38.4 Å². The molecule has 0 aliphatic carbocycles. The molecule has 20 nitrogen and oxygen atoms in total. The predicted molar refractivity (Wildman–Crippen MR) is 198 cm³/mol. The minimum atomic E-state index is -2.08. The summed E-state index contributed by atoms with van der Waals surface area (Å²) in [5.41, 5.74) is 0.638. The van der Waals surface area contributed by atoms with Crippen molar-refractivity contribution in [2.24, 2.45) is 0 Å². The quantitative estimate of drug-likeness (QED) is 0.126. The van der Waals surface area contributed by atoms with E-state index in [4.69, 9.17) is 69.2 Å². The standard InChI is InChI=1S/C38H48ClNO19/c1-9-10-11-30(48)40-27-14-25(12-13-26(27)39)15-51-37-35(55-23(7)46)34(54-22(6)45)32(29(57-37)17-50-19(3)42)59-38-36(56-24(8)47)33(53-21(5)44)31(52-20(4)43)28(58-38)16-49-18(2)41/h9,12-14,28-29,31-38H,1,10-11,15-17H2,2-8H3,(H,40,48)/t28-,29-,31-,32-,33+,34+,35-,36-,37-,38?/m1/s1/i2D,4D,5D,8D. The number of allylic oxidation sites excluding steroid dienone is 1. The first-order valence-corrected chi connectivity index (χ1v) is 18.0. The van der Waals surface area contributed by atoms with E-state index in [-0.39, 0.29) is 29.6 Å². The third-order valence-electron chi connectivity index (χ3n) is 8.03. The maximum atomic E-state index is 12.8. The van der Waals surface area contributed by atoms with Crippen molar-refractivity contribution in [3.8, 4) is 0 Å². The molecule has 0 aromatic heterocycles. The van der Waals surface area contributed by atoms with Crippen LogP contribution >= 0.6 is 11.6 Å². The van der Waals surface area contributed by atoms with Crippen molar-refractivity contribution in [2.75, 3.05) is 18.5 Å². The lowest BCUT2D eigenvalue weighted by atomic mass is 9.96. The molecule has 1 unspecified atom stereocenters. The van der Waals surface area contributed by atoms with Gasteiger partial charge in [0.1, 0.15) is 31.5 Å². The van der Waals surface area contributed by atoms with Crippen molar-refractivity contribution in [3.63, 3.8) is 0 Å². The molecule has 0 spiro atoms. The van der Waals surface area contributed by atoms with Crippen LogP contribution in [-0.4, -0.2) is 122 Å². The summed E-state index contributed by atoms with van der Waals surface area (Å²) in [4.78, 5) is 99.9. The van der Waals surface area contributed by atoms with Crippen LogP contribution in [0.1, 0.15) is 72.3 Å². The molecule has 0 bridgehead atoms. The number of carbonyl (C=O) groups is 8. The minimum Gasteiger partial charge on any atom is -0.463 e. The molecule has 1 aromatic rings. The Bertz CT molecular complexity index is 1810. The number of rotatable bonds is 18. The van der Waals surface area contributed by atoms with Crippen molar-refractivity contribution in [1.29, 1.82) is 0 Å². The van der Waals surface area contributed by atoms with Gasteiger partial charge in [0.05, 0.1) is 17.3 Å². The van der Waals surface area contributed by atoms with Gasteiger partial charge in [0.25, 0.3) is 0 Å². The predicted octanol–water partition coefficient (Wildman–Crippen LogP) is 2.38. The molecule has 10 atom stereocenters. The Balaban J connectivity index is 2.16. The fourth-order valence-corrected chi connectivity index (χ4v) is 6.01. The first kappa shape index (κ1) is 42.0. The van der Waals surface area contributed by atoms with E-state index in [0.29, 0.717) is 12.0 Å². The zero-order valence-electron chi connectivity index (χ0n) is 36.3. The van der Waals surface area contributed by atoms with Crippen LogP contribution in [0.5, 0.6) is 0 Å². The Morgan fingerprint density at radius 3 is 1.80 bits per heavy atom. The Kier molecular flexibility index (Phi) is 16.3. The van der Waals surface area contributed by atoms with E-state index in [1.54, 1.807) is 12.1 Å². The van der Waals surface area contributed by atoms with Crippen LogP contribution in [0.15, 0.2) is 30.9 Å². The number of amides is 1. The number of esters is 7. The fourth-order valence-electron chi connectivity index (χ4n) is 5.84. The van der Waals surface area contributed by atoms with E-state index in [0.717, 1.165) is 20.8 Å². The smallest absolute Gasteiger partial charge is 0.303 e. The van der Waals surface area contributed by atoms with Gasteiger partial charge in [-0.2, -0.15) is 0 Å². The van der Waals surface area contributed by atoms with Crippen molar-refractivity contribution >= 4 is 65.0 Å². The van der Waals surface area contributed by atoms with E-state index < -0.39 is 144 Å². The van der Waals surface area contributed by atoms with Crippen molar-refractivity contribution in [1.82, 2.24) is 0 Å². The summed E-state index contributed by atoms with van der Waals surface area (Å²) in [5, 5.41) is 2.88. The maximum absolute atomic E-state index is 12.8. The number of halogens is 1. The molecule has 1 N–H and O–H groups in total.